The molecule has 1 aromatic heterocycles. The minimum absolute atomic E-state index is 0.0734. The van der Waals surface area contributed by atoms with Gasteiger partial charge in [-0.2, -0.15) is 5.26 Å². The van der Waals surface area contributed by atoms with Gasteiger partial charge in [-0.25, -0.2) is 0 Å². The zero-order chi connectivity index (χ0) is 21.3. The first-order valence-electron chi connectivity index (χ1n) is 10.2. The molecule has 0 bridgehead atoms. The van der Waals surface area contributed by atoms with Gasteiger partial charge in [-0.05, 0) is 62.8 Å². The molecule has 0 aliphatic heterocycles. The molecular weight excluding hydrogens is 382 g/mol. The quantitative estimate of drug-likeness (QED) is 0.508. The predicted molar refractivity (Wildman–Crippen MR) is 110 cm³/mol. The number of hydrogen-bond acceptors (Lipinski definition) is 6. The Bertz CT molecular complexity index is 902. The van der Waals surface area contributed by atoms with Crippen molar-refractivity contribution in [2.24, 2.45) is 11.8 Å². The number of hydroxylamine groups is 1. The molecule has 7 nitrogen and oxygen atoms in total. The number of nitrogens with zero attached hydrogens (tertiary/aromatic N) is 3. The molecule has 7 heteroatoms. The van der Waals surface area contributed by atoms with Crippen LogP contribution in [0, 0.1) is 23.2 Å². The Labute approximate surface area is 176 Å². The molecule has 3 rings (SSSR count). The van der Waals surface area contributed by atoms with Gasteiger partial charge in [0.05, 0.1) is 30.4 Å². The van der Waals surface area contributed by atoms with Crippen LogP contribution in [-0.4, -0.2) is 23.5 Å². The fourth-order valence-corrected chi connectivity index (χ4v) is 3.64. The van der Waals surface area contributed by atoms with E-state index in [0.717, 1.165) is 25.7 Å². The van der Waals surface area contributed by atoms with Gasteiger partial charge in [0.25, 0.3) is 5.91 Å². The van der Waals surface area contributed by atoms with E-state index in [0.29, 0.717) is 30.0 Å². The van der Waals surface area contributed by atoms with E-state index in [-0.39, 0.29) is 23.7 Å². The van der Waals surface area contributed by atoms with Gasteiger partial charge in [-0.1, -0.05) is 6.07 Å². The molecular formula is C23H25N3O4. The second-order valence-electron chi connectivity index (χ2n) is 7.30. The third kappa shape index (κ3) is 5.57. The number of anilines is 1. The third-order valence-electron chi connectivity index (χ3n) is 5.20. The molecule has 1 aliphatic carbocycles. The summed E-state index contributed by atoms with van der Waals surface area (Å²) in [5.41, 5.74) is 0.966. The van der Waals surface area contributed by atoms with Crippen LogP contribution < -0.4 is 9.90 Å². The summed E-state index contributed by atoms with van der Waals surface area (Å²) in [4.78, 5) is 35.0. The van der Waals surface area contributed by atoms with E-state index in [1.807, 2.05) is 6.92 Å². The zero-order valence-electron chi connectivity index (χ0n) is 17.0. The Hall–Kier alpha value is -3.40. The number of carbonyl (C=O) groups excluding carboxylic acids is 2. The lowest BCUT2D eigenvalue weighted by atomic mass is 9.80. The van der Waals surface area contributed by atoms with Crippen molar-refractivity contribution in [3.8, 4) is 11.8 Å². The summed E-state index contributed by atoms with van der Waals surface area (Å²) in [6.45, 7) is 2.20. The maximum absolute atomic E-state index is 13.1. The molecule has 1 fully saturated rings. The van der Waals surface area contributed by atoms with Crippen LogP contribution in [0.2, 0.25) is 0 Å². The summed E-state index contributed by atoms with van der Waals surface area (Å²) in [7, 11) is 0. The van der Waals surface area contributed by atoms with Crippen LogP contribution in [0.3, 0.4) is 0 Å². The highest BCUT2D eigenvalue weighted by molar-refractivity contribution is 5.91. The van der Waals surface area contributed by atoms with Gasteiger partial charge in [0.2, 0.25) is 0 Å². The zero-order valence-corrected chi connectivity index (χ0v) is 17.0. The lowest BCUT2D eigenvalue weighted by Crippen LogP contribution is -2.36. The molecule has 2 aromatic rings. The van der Waals surface area contributed by atoms with Crippen LogP contribution in [0.5, 0.6) is 5.75 Å². The molecule has 156 valence electrons. The normalized spacial score (nSPS) is 18.1. The second kappa shape index (κ2) is 10.4. The van der Waals surface area contributed by atoms with Crippen LogP contribution in [-0.2, 0) is 14.3 Å². The average molecular weight is 407 g/mol. The van der Waals surface area contributed by atoms with Crippen LogP contribution in [0.25, 0.3) is 0 Å². The Kier molecular flexibility index (Phi) is 7.39. The number of amides is 1. The Morgan fingerprint density at radius 3 is 2.67 bits per heavy atom. The van der Waals surface area contributed by atoms with Gasteiger partial charge in [0.15, 0.2) is 5.75 Å². The molecule has 1 aliphatic rings. The molecule has 30 heavy (non-hydrogen) atoms. The van der Waals surface area contributed by atoms with Crippen molar-refractivity contribution >= 4 is 17.6 Å². The molecule has 0 unspecified atom stereocenters. The molecule has 1 saturated carbocycles. The van der Waals surface area contributed by atoms with Gasteiger partial charge in [0, 0.05) is 18.7 Å². The number of aromatic nitrogens is 1. The van der Waals surface area contributed by atoms with Crippen LogP contribution >= 0.6 is 0 Å². The number of ether oxygens (including phenoxy) is 1. The van der Waals surface area contributed by atoms with Gasteiger partial charge in [-0.3, -0.25) is 14.6 Å². The predicted octanol–water partition coefficient (Wildman–Crippen LogP) is 4.04. The van der Waals surface area contributed by atoms with Gasteiger partial charge in [-0.15, -0.1) is 5.06 Å². The number of esters is 1. The van der Waals surface area contributed by atoms with E-state index in [2.05, 4.69) is 11.1 Å². The first-order chi connectivity index (χ1) is 14.6. The first kappa shape index (κ1) is 21.3. The van der Waals surface area contributed by atoms with Crippen LogP contribution in [0.15, 0.2) is 48.8 Å². The number of carbonyl (C=O) groups is 2. The van der Waals surface area contributed by atoms with Crippen molar-refractivity contribution in [3.05, 3.63) is 54.4 Å². The molecule has 1 aromatic carbocycles. The van der Waals surface area contributed by atoms with Gasteiger partial charge in [0.1, 0.15) is 5.69 Å². The largest absolute Gasteiger partial charge is 0.466 e. The fraction of sp³-hybridized carbons (Fsp3) is 0.391. The lowest BCUT2D eigenvalue weighted by Gasteiger charge is -2.29. The molecule has 1 heterocycles. The summed E-state index contributed by atoms with van der Waals surface area (Å²) in [6.07, 6.45) is 6.54. The highest BCUT2D eigenvalue weighted by Gasteiger charge is 2.30. The van der Waals surface area contributed by atoms with E-state index in [9.17, 15) is 9.59 Å². The molecule has 0 atom stereocenters. The van der Waals surface area contributed by atoms with Crippen molar-refractivity contribution in [3.63, 3.8) is 0 Å². The standard InChI is InChI=1S/C23H25N3O4/c1-2-29-23(28)19-10-8-17(9-11-19)14-22(27)26(20-6-4-12-25-16-20)30-21-7-3-5-18(13-21)15-24/h3-7,12-13,16-17,19H,2,8-11,14H2,1H3. The first-order valence-corrected chi connectivity index (χ1v) is 10.2. The molecule has 0 spiro atoms. The maximum Gasteiger partial charge on any atom is 0.308 e. The summed E-state index contributed by atoms with van der Waals surface area (Å²) in [5.74, 6) is 0.175. The SMILES string of the molecule is CCOC(=O)C1CCC(CC(=O)N(Oc2cccc(C#N)c2)c2cccnc2)CC1. The molecule has 0 N–H and O–H groups in total. The van der Waals surface area contributed by atoms with E-state index < -0.39 is 0 Å². The topological polar surface area (TPSA) is 92.5 Å². The third-order valence-corrected chi connectivity index (χ3v) is 5.20. The monoisotopic (exact) mass is 407 g/mol. The van der Waals surface area contributed by atoms with E-state index in [4.69, 9.17) is 14.8 Å². The number of pyridine rings is 1. The van der Waals surface area contributed by atoms with Crippen molar-refractivity contribution in [1.82, 2.24) is 4.98 Å². The summed E-state index contributed by atoms with van der Waals surface area (Å²) in [5, 5.41) is 10.3. The molecule has 1 amide bonds. The highest BCUT2D eigenvalue weighted by Crippen LogP contribution is 2.32. The van der Waals surface area contributed by atoms with Crippen molar-refractivity contribution in [2.45, 2.75) is 39.0 Å². The number of benzene rings is 1. The van der Waals surface area contributed by atoms with Crippen molar-refractivity contribution in [1.29, 1.82) is 5.26 Å². The fourth-order valence-electron chi connectivity index (χ4n) is 3.64. The van der Waals surface area contributed by atoms with E-state index in [1.165, 1.54) is 5.06 Å². The Balaban J connectivity index is 1.67. The van der Waals surface area contributed by atoms with Crippen LogP contribution in [0.4, 0.5) is 5.69 Å². The van der Waals surface area contributed by atoms with Crippen LogP contribution in [0.1, 0.15) is 44.6 Å². The number of nitriles is 1. The minimum Gasteiger partial charge on any atom is -0.466 e. The average Bonchev–Trinajstić information content (AvgIpc) is 2.78. The van der Waals surface area contributed by atoms with E-state index in [1.54, 1.807) is 48.8 Å². The number of hydrogen-bond donors (Lipinski definition) is 0. The molecule has 0 saturated heterocycles. The Morgan fingerprint density at radius 2 is 2.00 bits per heavy atom. The second-order valence-corrected chi connectivity index (χ2v) is 7.30. The highest BCUT2D eigenvalue weighted by atomic mass is 16.7. The smallest absolute Gasteiger partial charge is 0.308 e. The van der Waals surface area contributed by atoms with Crippen molar-refractivity contribution in [2.75, 3.05) is 11.7 Å². The minimum atomic E-state index is -0.190. The van der Waals surface area contributed by atoms with Gasteiger partial charge >= 0.3 is 5.97 Å². The maximum atomic E-state index is 13.1. The number of rotatable bonds is 7. The van der Waals surface area contributed by atoms with Crippen molar-refractivity contribution < 1.29 is 19.2 Å². The lowest BCUT2D eigenvalue weighted by molar-refractivity contribution is -0.149. The summed E-state index contributed by atoms with van der Waals surface area (Å²) >= 11 is 0. The summed E-state index contributed by atoms with van der Waals surface area (Å²) < 4.78 is 5.12. The van der Waals surface area contributed by atoms with Gasteiger partial charge < -0.3 is 9.57 Å². The molecule has 0 radical (unpaired) electrons. The Morgan fingerprint density at radius 1 is 1.20 bits per heavy atom. The summed E-state index contributed by atoms with van der Waals surface area (Å²) in [6, 6.07) is 12.2. The van der Waals surface area contributed by atoms with E-state index >= 15 is 0 Å².